The molecule has 0 amide bonds. The molecule has 2 aliphatic heterocycles. The lowest BCUT2D eigenvalue weighted by Crippen LogP contribution is -2.48. The number of aromatic nitrogens is 3. The molecule has 42 heavy (non-hydrogen) atoms. The summed E-state index contributed by atoms with van der Waals surface area (Å²) in [6, 6.07) is 42.1. The van der Waals surface area contributed by atoms with Crippen LogP contribution in [-0.2, 0) is 0 Å². The van der Waals surface area contributed by atoms with E-state index in [-0.39, 0.29) is 6.04 Å². The van der Waals surface area contributed by atoms with Crippen molar-refractivity contribution in [3.05, 3.63) is 145 Å². The van der Waals surface area contributed by atoms with Crippen LogP contribution in [0.4, 0.5) is 23.0 Å². The zero-order chi connectivity index (χ0) is 27.6. The van der Waals surface area contributed by atoms with Gasteiger partial charge in [0.25, 0.3) is 0 Å². The first kappa shape index (κ1) is 23.1. The summed E-state index contributed by atoms with van der Waals surface area (Å²) in [5, 5.41) is 2.54. The van der Waals surface area contributed by atoms with Gasteiger partial charge in [-0.2, -0.15) is 9.56 Å². The second-order valence-electron chi connectivity index (χ2n) is 10.7. The largest absolute Gasteiger partial charge is 0.442 e. The molecule has 1 aromatic heterocycles. The molecule has 3 aliphatic rings. The van der Waals surface area contributed by atoms with Crippen LogP contribution in [0.2, 0.25) is 0 Å². The van der Waals surface area contributed by atoms with E-state index in [2.05, 4.69) is 88.4 Å². The van der Waals surface area contributed by atoms with E-state index in [1.54, 1.807) is 0 Å². The average Bonchev–Trinajstić information content (AvgIpc) is 3.07. The topological polar surface area (TPSA) is 44.9 Å². The van der Waals surface area contributed by atoms with Gasteiger partial charge in [0.1, 0.15) is 17.4 Å². The average molecular weight is 539 g/mol. The normalized spacial score (nSPS) is 16.2. The first-order chi connectivity index (χ1) is 20.8. The molecule has 9 rings (SSSR count). The number of para-hydroxylation sites is 2. The molecule has 5 aromatic carbocycles. The zero-order valence-electron chi connectivity index (χ0n) is 22.6. The smallest absolute Gasteiger partial charge is 0.323 e. The fourth-order valence-corrected chi connectivity index (χ4v) is 6.58. The predicted molar refractivity (Wildman–Crippen MR) is 171 cm³/mol. The van der Waals surface area contributed by atoms with Crippen LogP contribution in [0.5, 0.6) is 0 Å². The Morgan fingerprint density at radius 2 is 1.24 bits per heavy atom. The molecule has 0 saturated carbocycles. The van der Waals surface area contributed by atoms with E-state index in [9.17, 15) is 0 Å². The fraction of sp³-hybridized carbons (Fsp3) is 0.0270. The standard InChI is InChI=1S/C37H24N5/c1-3-12-25(13-4-1)35-38-36(26-14-5-2-6-15-26)40-37(39-35)42-30-21-8-7-20-29(30)41-31-22-10-17-24-16-9-18-27(33(24)31)28-19-11-23-32(42)34(28)41/h1-23,34H/q+1. The molecule has 0 fully saturated rings. The number of rotatable bonds is 3. The van der Waals surface area contributed by atoms with Crippen molar-refractivity contribution in [1.82, 2.24) is 19.5 Å². The summed E-state index contributed by atoms with van der Waals surface area (Å²) in [7, 11) is 0. The van der Waals surface area contributed by atoms with Crippen LogP contribution in [0.25, 0.3) is 39.1 Å². The van der Waals surface area contributed by atoms with E-state index in [0.29, 0.717) is 17.6 Å². The maximum Gasteiger partial charge on any atom is 0.442 e. The number of nitrogens with zero attached hydrogens (tertiary/aromatic N) is 5. The molecule has 5 heteroatoms. The Kier molecular flexibility index (Phi) is 4.90. The lowest BCUT2D eigenvalue weighted by atomic mass is 9.81. The SMILES string of the molecule is C1=CC2=[N+](c3nc(-c4ccccc4)nc(-c4ccccc4)n3)c3ccccc3N3c4cccc5cccc(c45)C(=C1)C23. The molecule has 6 aromatic rings. The minimum absolute atomic E-state index is 0.0254. The summed E-state index contributed by atoms with van der Waals surface area (Å²) in [6.45, 7) is 0. The first-order valence-corrected chi connectivity index (χ1v) is 14.2. The second-order valence-corrected chi connectivity index (χ2v) is 10.7. The Hall–Kier alpha value is -5.68. The van der Waals surface area contributed by atoms with Crippen molar-refractivity contribution in [3.63, 3.8) is 0 Å². The third-order valence-corrected chi connectivity index (χ3v) is 8.36. The van der Waals surface area contributed by atoms with Gasteiger partial charge in [-0.05, 0) is 75.0 Å². The summed E-state index contributed by atoms with van der Waals surface area (Å²) in [4.78, 5) is 17.7. The fourth-order valence-electron chi connectivity index (χ4n) is 6.58. The molecule has 0 spiro atoms. The highest BCUT2D eigenvalue weighted by Crippen LogP contribution is 2.51. The molecule has 0 saturated heterocycles. The third kappa shape index (κ3) is 3.31. The van der Waals surface area contributed by atoms with Crippen molar-refractivity contribution < 1.29 is 0 Å². The highest BCUT2D eigenvalue weighted by Gasteiger charge is 2.44. The maximum atomic E-state index is 5.13. The number of allylic oxidation sites excluding steroid dienone is 2. The molecule has 0 bridgehead atoms. The van der Waals surface area contributed by atoms with E-state index in [1.165, 1.54) is 27.6 Å². The molecule has 3 heterocycles. The van der Waals surface area contributed by atoms with E-state index in [1.807, 2.05) is 60.7 Å². The molecule has 0 radical (unpaired) electrons. The quantitative estimate of drug-likeness (QED) is 0.214. The number of hydrogen-bond acceptors (Lipinski definition) is 4. The zero-order valence-corrected chi connectivity index (χ0v) is 22.6. The van der Waals surface area contributed by atoms with Gasteiger partial charge in [-0.1, -0.05) is 91.0 Å². The van der Waals surface area contributed by atoms with Crippen LogP contribution >= 0.6 is 0 Å². The summed E-state index contributed by atoms with van der Waals surface area (Å²) in [6.07, 6.45) is 6.62. The molecule has 196 valence electrons. The number of fused-ring (bicyclic) bond motifs is 4. The summed E-state index contributed by atoms with van der Waals surface area (Å²) >= 11 is 0. The number of anilines is 2. The minimum atomic E-state index is -0.0254. The number of benzene rings is 5. The van der Waals surface area contributed by atoms with Gasteiger partial charge >= 0.3 is 5.95 Å². The van der Waals surface area contributed by atoms with E-state index in [0.717, 1.165) is 28.2 Å². The Morgan fingerprint density at radius 1 is 0.595 bits per heavy atom. The van der Waals surface area contributed by atoms with Crippen LogP contribution < -0.4 is 9.48 Å². The van der Waals surface area contributed by atoms with Crippen molar-refractivity contribution in [1.29, 1.82) is 0 Å². The lowest BCUT2D eigenvalue weighted by molar-refractivity contribution is 0.858. The molecular weight excluding hydrogens is 514 g/mol. The van der Waals surface area contributed by atoms with Crippen molar-refractivity contribution in [2.24, 2.45) is 0 Å². The van der Waals surface area contributed by atoms with Crippen LogP contribution in [0.1, 0.15) is 5.56 Å². The first-order valence-electron chi connectivity index (χ1n) is 14.2. The molecule has 1 aliphatic carbocycles. The summed E-state index contributed by atoms with van der Waals surface area (Å²) < 4.78 is 2.23. The summed E-state index contributed by atoms with van der Waals surface area (Å²) in [5.41, 5.74) is 8.94. The predicted octanol–water partition coefficient (Wildman–Crippen LogP) is 8.12. The van der Waals surface area contributed by atoms with E-state index in [4.69, 9.17) is 15.0 Å². The third-order valence-electron chi connectivity index (χ3n) is 8.36. The monoisotopic (exact) mass is 538 g/mol. The van der Waals surface area contributed by atoms with Gasteiger partial charge in [0.2, 0.25) is 11.6 Å². The van der Waals surface area contributed by atoms with Crippen molar-refractivity contribution >= 4 is 45.1 Å². The van der Waals surface area contributed by atoms with Gasteiger partial charge in [-0.25, -0.2) is 0 Å². The van der Waals surface area contributed by atoms with E-state index < -0.39 is 0 Å². The van der Waals surface area contributed by atoms with Crippen LogP contribution in [0.15, 0.2) is 140 Å². The summed E-state index contributed by atoms with van der Waals surface area (Å²) in [5.74, 6) is 1.90. The van der Waals surface area contributed by atoms with Gasteiger partial charge in [-0.15, -0.1) is 0 Å². The van der Waals surface area contributed by atoms with Crippen LogP contribution in [0.3, 0.4) is 0 Å². The van der Waals surface area contributed by atoms with Crippen LogP contribution in [-0.4, -0.2) is 26.7 Å². The molecule has 0 N–H and O–H groups in total. The van der Waals surface area contributed by atoms with Crippen molar-refractivity contribution in [3.8, 4) is 22.8 Å². The van der Waals surface area contributed by atoms with Gasteiger partial charge in [0.05, 0.1) is 11.4 Å². The molecule has 5 nitrogen and oxygen atoms in total. The van der Waals surface area contributed by atoms with Gasteiger partial charge in [0, 0.05) is 16.5 Å². The Labute approximate surface area is 243 Å². The highest BCUT2D eigenvalue weighted by molar-refractivity contribution is 6.23. The van der Waals surface area contributed by atoms with Crippen molar-refractivity contribution in [2.75, 3.05) is 4.90 Å². The highest BCUT2D eigenvalue weighted by atomic mass is 15.3. The Balaban J connectivity index is 1.35. The van der Waals surface area contributed by atoms with Gasteiger partial charge in [-0.3, -0.25) is 0 Å². The molecule has 1 unspecified atom stereocenters. The lowest BCUT2D eigenvalue weighted by Gasteiger charge is -2.44. The molecular formula is C37H24N5+. The van der Waals surface area contributed by atoms with Gasteiger partial charge < -0.3 is 4.90 Å². The maximum absolute atomic E-state index is 5.13. The minimum Gasteiger partial charge on any atom is -0.323 e. The molecule has 1 atom stereocenters. The second kappa shape index (κ2) is 8.91. The number of hydrogen-bond donors (Lipinski definition) is 0. The van der Waals surface area contributed by atoms with Crippen LogP contribution in [0, 0.1) is 0 Å². The van der Waals surface area contributed by atoms with Gasteiger partial charge in [0.15, 0.2) is 0 Å². The van der Waals surface area contributed by atoms with E-state index >= 15 is 0 Å². The van der Waals surface area contributed by atoms with Crippen molar-refractivity contribution in [2.45, 2.75) is 6.04 Å². The Morgan fingerprint density at radius 3 is 1.98 bits per heavy atom. The Bertz CT molecular complexity index is 2080.